The average Bonchev–Trinajstić information content (AvgIpc) is 3.23. The normalized spacial score (nSPS) is 14.4. The highest BCUT2D eigenvalue weighted by atomic mass is 32.2. The molecule has 0 radical (unpaired) electrons. The van der Waals surface area contributed by atoms with Crippen LogP contribution < -0.4 is 0 Å². The first-order valence-electron chi connectivity index (χ1n) is 8.53. The van der Waals surface area contributed by atoms with Gasteiger partial charge in [0.25, 0.3) is 0 Å². The number of hydrogen-bond donors (Lipinski definition) is 1. The molecule has 27 heavy (non-hydrogen) atoms. The molecule has 0 saturated carbocycles. The Balaban J connectivity index is 1.70. The van der Waals surface area contributed by atoms with E-state index in [2.05, 4.69) is 20.2 Å². The number of carbonyl (C=O) groups excluding carboxylic acids is 1. The highest BCUT2D eigenvalue weighted by Gasteiger charge is 2.29. The summed E-state index contributed by atoms with van der Waals surface area (Å²) in [5, 5.41) is 8.16. The Hall–Kier alpha value is -2.62. The Morgan fingerprint density at radius 1 is 1.33 bits per heavy atom. The Bertz CT molecular complexity index is 1010. The minimum Gasteiger partial charge on any atom is -0.444 e. The van der Waals surface area contributed by atoms with Gasteiger partial charge in [-0.15, -0.1) is 3.89 Å². The maximum Gasteiger partial charge on any atom is 0.410 e. The first kappa shape index (κ1) is 17.8. The van der Waals surface area contributed by atoms with Crippen molar-refractivity contribution in [3.8, 4) is 11.4 Å². The van der Waals surface area contributed by atoms with Crippen LogP contribution >= 0.6 is 12.3 Å². The molecule has 3 aromatic heterocycles. The fourth-order valence-electron chi connectivity index (χ4n) is 3.15. The van der Waals surface area contributed by atoms with Crippen LogP contribution in [0.25, 0.3) is 22.4 Å². The second kappa shape index (κ2) is 6.52. The van der Waals surface area contributed by atoms with E-state index in [1.54, 1.807) is 17.2 Å². The zero-order valence-electron chi connectivity index (χ0n) is 15.2. The Labute approximate surface area is 159 Å². The third kappa shape index (κ3) is 3.25. The van der Waals surface area contributed by atoms with Crippen molar-refractivity contribution in [1.82, 2.24) is 29.0 Å². The van der Waals surface area contributed by atoms with Gasteiger partial charge in [-0.05, 0) is 26.8 Å². The number of nitrogens with one attached hydrogen (secondary N) is 1. The van der Waals surface area contributed by atoms with Gasteiger partial charge in [-0.1, -0.05) is 0 Å². The molecule has 0 spiro atoms. The van der Waals surface area contributed by atoms with Crippen LogP contribution in [0, 0.1) is 0 Å². The van der Waals surface area contributed by atoms with Crippen LogP contribution in [0.4, 0.5) is 8.68 Å². The van der Waals surface area contributed by atoms with E-state index < -0.39 is 5.60 Å². The third-order valence-corrected chi connectivity index (χ3v) is 4.78. The number of H-pyrrole nitrogens is 1. The van der Waals surface area contributed by atoms with Crippen molar-refractivity contribution < 1.29 is 13.4 Å². The summed E-state index contributed by atoms with van der Waals surface area (Å²) in [6.45, 7) is 6.45. The topological polar surface area (TPSA) is 88.9 Å². The van der Waals surface area contributed by atoms with Gasteiger partial charge in [-0.3, -0.25) is 5.10 Å². The predicted octanol–water partition coefficient (Wildman–Crippen LogP) is 3.50. The molecule has 1 aliphatic rings. The summed E-state index contributed by atoms with van der Waals surface area (Å²) in [5.41, 5.74) is 3.04. The van der Waals surface area contributed by atoms with Crippen LogP contribution in [0.5, 0.6) is 0 Å². The van der Waals surface area contributed by atoms with E-state index in [9.17, 15) is 8.68 Å². The Kier molecular flexibility index (Phi) is 4.29. The van der Waals surface area contributed by atoms with Crippen molar-refractivity contribution in [3.63, 3.8) is 0 Å². The minimum atomic E-state index is -0.553. The second-order valence-electron chi connectivity index (χ2n) is 7.35. The van der Waals surface area contributed by atoms with E-state index in [1.807, 2.05) is 20.8 Å². The van der Waals surface area contributed by atoms with Crippen LogP contribution in [0.3, 0.4) is 0 Å². The molecule has 3 aromatic rings. The molecule has 1 aliphatic heterocycles. The molecule has 1 N–H and O–H groups in total. The van der Waals surface area contributed by atoms with Gasteiger partial charge in [-0.2, -0.15) is 5.10 Å². The average molecular weight is 390 g/mol. The largest absolute Gasteiger partial charge is 0.444 e. The second-order valence-corrected chi connectivity index (χ2v) is 7.88. The maximum absolute atomic E-state index is 13.1. The Morgan fingerprint density at radius 2 is 2.15 bits per heavy atom. The van der Waals surface area contributed by atoms with Gasteiger partial charge in [-0.25, -0.2) is 18.7 Å². The molecular formula is C17H19FN6O2S. The summed E-state index contributed by atoms with van der Waals surface area (Å²) in [7, 11) is 0. The molecule has 142 valence electrons. The first-order chi connectivity index (χ1) is 12.9. The molecule has 4 rings (SSSR count). The molecule has 10 heteroatoms. The molecule has 8 nitrogen and oxygen atoms in total. The highest BCUT2D eigenvalue weighted by Crippen LogP contribution is 2.32. The van der Waals surface area contributed by atoms with Crippen LogP contribution in [0.15, 0.2) is 18.6 Å². The zero-order valence-corrected chi connectivity index (χ0v) is 16.0. The minimum absolute atomic E-state index is 0.0780. The van der Waals surface area contributed by atoms with Crippen LogP contribution in [0.1, 0.15) is 32.0 Å². The molecule has 0 fully saturated rings. The number of aromatic nitrogens is 5. The standard InChI is InChI=1S/C17H19FN6O2S/c1-17(2,3)26-16(25)23-6-5-12-11(8-23)14(22-21-12)13-10-4-7-24(27-18)15(10)20-9-19-13/h4,7,9H,5-6,8H2,1-3H3,(H,21,22). The van der Waals surface area contributed by atoms with Crippen molar-refractivity contribution in [2.45, 2.75) is 39.3 Å². The van der Waals surface area contributed by atoms with Crippen molar-refractivity contribution >= 4 is 29.5 Å². The Morgan fingerprint density at radius 3 is 2.89 bits per heavy atom. The highest BCUT2D eigenvalue weighted by molar-refractivity contribution is 7.92. The number of hydrogen-bond acceptors (Lipinski definition) is 6. The monoisotopic (exact) mass is 390 g/mol. The fourth-order valence-corrected chi connectivity index (χ4v) is 3.46. The van der Waals surface area contributed by atoms with Gasteiger partial charge >= 0.3 is 6.09 Å². The lowest BCUT2D eigenvalue weighted by Crippen LogP contribution is -2.39. The number of rotatable bonds is 2. The van der Waals surface area contributed by atoms with E-state index in [0.717, 1.165) is 11.3 Å². The number of aromatic amines is 1. The summed E-state index contributed by atoms with van der Waals surface area (Å²) >= 11 is 0.0780. The van der Waals surface area contributed by atoms with Crippen molar-refractivity contribution in [1.29, 1.82) is 0 Å². The lowest BCUT2D eigenvalue weighted by atomic mass is 10.0. The number of amides is 1. The molecule has 0 unspecified atom stereocenters. The smallest absolute Gasteiger partial charge is 0.410 e. The number of ether oxygens (including phenoxy) is 1. The molecular weight excluding hydrogens is 371 g/mol. The lowest BCUT2D eigenvalue weighted by Gasteiger charge is -2.30. The summed E-state index contributed by atoms with van der Waals surface area (Å²) in [5.74, 6) is 0. The van der Waals surface area contributed by atoms with Gasteiger partial charge in [0.2, 0.25) is 0 Å². The molecule has 0 bridgehead atoms. The maximum atomic E-state index is 13.1. The van der Waals surface area contributed by atoms with Gasteiger partial charge in [0, 0.05) is 35.8 Å². The van der Waals surface area contributed by atoms with E-state index >= 15 is 0 Å². The SMILES string of the molecule is CC(C)(C)OC(=O)N1CCc2[nH]nc(-c3ncnc4c3ccn4SF)c2C1. The van der Waals surface area contributed by atoms with E-state index in [1.165, 1.54) is 10.3 Å². The van der Waals surface area contributed by atoms with Crippen molar-refractivity contribution in [3.05, 3.63) is 29.8 Å². The third-order valence-electron chi connectivity index (χ3n) is 4.33. The van der Waals surface area contributed by atoms with E-state index in [4.69, 9.17) is 4.74 Å². The van der Waals surface area contributed by atoms with Gasteiger partial charge < -0.3 is 9.64 Å². The van der Waals surface area contributed by atoms with Crippen LogP contribution in [-0.4, -0.2) is 47.3 Å². The quantitative estimate of drug-likeness (QED) is 0.720. The number of nitrogens with zero attached hydrogens (tertiary/aromatic N) is 5. The van der Waals surface area contributed by atoms with Gasteiger partial charge in [0.15, 0.2) is 18.0 Å². The zero-order chi connectivity index (χ0) is 19.2. The predicted molar refractivity (Wildman–Crippen MR) is 99.6 cm³/mol. The van der Waals surface area contributed by atoms with Gasteiger partial charge in [0.05, 0.1) is 6.54 Å². The van der Waals surface area contributed by atoms with Crippen molar-refractivity contribution in [2.75, 3.05) is 6.54 Å². The lowest BCUT2D eigenvalue weighted by molar-refractivity contribution is 0.0224. The first-order valence-corrected chi connectivity index (χ1v) is 9.20. The molecule has 0 atom stereocenters. The van der Waals surface area contributed by atoms with Crippen LogP contribution in [-0.2, 0) is 17.7 Å². The fraction of sp³-hybridized carbons (Fsp3) is 0.412. The molecule has 0 saturated heterocycles. The van der Waals surface area contributed by atoms with E-state index in [-0.39, 0.29) is 18.4 Å². The molecule has 0 aromatic carbocycles. The van der Waals surface area contributed by atoms with Crippen LogP contribution in [0.2, 0.25) is 0 Å². The number of fused-ring (bicyclic) bond motifs is 2. The van der Waals surface area contributed by atoms with Gasteiger partial charge in [0.1, 0.15) is 23.3 Å². The summed E-state index contributed by atoms with van der Waals surface area (Å²) < 4.78 is 19.9. The molecule has 0 aliphatic carbocycles. The van der Waals surface area contributed by atoms with Crippen molar-refractivity contribution in [2.24, 2.45) is 0 Å². The summed E-state index contributed by atoms with van der Waals surface area (Å²) in [6.07, 6.45) is 3.28. The molecule has 1 amide bonds. The number of halogens is 1. The number of carbonyl (C=O) groups is 1. The summed E-state index contributed by atoms with van der Waals surface area (Å²) in [6, 6.07) is 1.76. The van der Waals surface area contributed by atoms with E-state index in [0.29, 0.717) is 41.9 Å². The molecule has 4 heterocycles. The summed E-state index contributed by atoms with van der Waals surface area (Å²) in [4.78, 5) is 22.6.